The molecular formula is C36H32N4O4S2. The first kappa shape index (κ1) is 30.0. The van der Waals surface area contributed by atoms with Crippen LogP contribution in [0.15, 0.2) is 107 Å². The number of rotatable bonds is 8. The molecule has 0 radical (unpaired) electrons. The number of aromatic nitrogens is 1. The van der Waals surface area contributed by atoms with E-state index in [0.717, 1.165) is 46.4 Å². The number of amides is 3. The number of nitrogens with zero attached hydrogens (tertiary/aromatic N) is 3. The quantitative estimate of drug-likeness (QED) is 0.198. The molecule has 46 heavy (non-hydrogen) atoms. The van der Waals surface area contributed by atoms with Gasteiger partial charge in [0.15, 0.2) is 0 Å². The van der Waals surface area contributed by atoms with Crippen LogP contribution in [0.5, 0.6) is 0 Å². The van der Waals surface area contributed by atoms with Gasteiger partial charge in [-0.05, 0) is 66.6 Å². The lowest BCUT2D eigenvalue weighted by Crippen LogP contribution is -2.33. The Labute approximate surface area is 274 Å². The maximum absolute atomic E-state index is 14.1. The van der Waals surface area contributed by atoms with Gasteiger partial charge < -0.3 is 10.2 Å². The second kappa shape index (κ2) is 12.3. The van der Waals surface area contributed by atoms with Crippen molar-refractivity contribution < 1.29 is 14.4 Å². The number of hydrogen-bond acceptors (Lipinski definition) is 7. The maximum atomic E-state index is 14.1. The second-order valence-corrected chi connectivity index (χ2v) is 13.5. The number of carbonyl (C=O) groups excluding carboxylic acids is 3. The normalized spacial score (nSPS) is 18.8. The highest BCUT2D eigenvalue weighted by Crippen LogP contribution is 2.54. The lowest BCUT2D eigenvalue weighted by atomic mass is 9.83. The summed E-state index contributed by atoms with van der Waals surface area (Å²) in [5.41, 5.74) is 3.08. The van der Waals surface area contributed by atoms with Crippen LogP contribution in [0.4, 0.5) is 17.1 Å². The van der Waals surface area contributed by atoms with E-state index >= 15 is 0 Å². The zero-order valence-electron chi connectivity index (χ0n) is 25.4. The van der Waals surface area contributed by atoms with Crippen LogP contribution < -0.4 is 20.0 Å². The summed E-state index contributed by atoms with van der Waals surface area (Å²) in [6, 6.07) is 30.6. The molecule has 3 amide bonds. The van der Waals surface area contributed by atoms with Gasteiger partial charge in [-0.25, -0.2) is 4.90 Å². The van der Waals surface area contributed by atoms with Crippen LogP contribution in [0.2, 0.25) is 0 Å². The Balaban J connectivity index is 1.26. The first-order chi connectivity index (χ1) is 22.4. The fourth-order valence-corrected chi connectivity index (χ4v) is 9.31. The van der Waals surface area contributed by atoms with E-state index in [-0.39, 0.29) is 29.1 Å². The van der Waals surface area contributed by atoms with Gasteiger partial charge in [0, 0.05) is 35.3 Å². The van der Waals surface area contributed by atoms with Crippen molar-refractivity contribution in [3.8, 4) is 0 Å². The van der Waals surface area contributed by atoms with Crippen LogP contribution in [0.1, 0.15) is 30.2 Å². The lowest BCUT2D eigenvalue weighted by molar-refractivity contribution is -0.122. The van der Waals surface area contributed by atoms with Crippen LogP contribution in [-0.4, -0.2) is 40.6 Å². The van der Waals surface area contributed by atoms with Crippen molar-refractivity contribution in [2.45, 2.75) is 36.6 Å². The zero-order chi connectivity index (χ0) is 31.9. The Morgan fingerprint density at radius 2 is 1.52 bits per heavy atom. The molecule has 3 atom stereocenters. The predicted molar refractivity (Wildman–Crippen MR) is 185 cm³/mol. The molecule has 3 heterocycles. The average Bonchev–Trinajstić information content (AvgIpc) is 3.52. The third-order valence-electron chi connectivity index (χ3n) is 8.78. The third-order valence-corrected chi connectivity index (χ3v) is 11.4. The van der Waals surface area contributed by atoms with Crippen molar-refractivity contribution >= 4 is 68.7 Å². The zero-order valence-corrected chi connectivity index (χ0v) is 27.0. The van der Waals surface area contributed by atoms with Crippen LogP contribution in [0, 0.1) is 5.92 Å². The van der Waals surface area contributed by atoms with Gasteiger partial charge in [0.25, 0.3) is 0 Å². The molecule has 10 heteroatoms. The largest absolute Gasteiger partial charge is 0.372 e. The van der Waals surface area contributed by atoms with E-state index in [4.69, 9.17) is 0 Å². The number of hydrogen-bond donors (Lipinski definition) is 1. The molecule has 2 aliphatic heterocycles. The van der Waals surface area contributed by atoms with Gasteiger partial charge in [0.2, 0.25) is 17.7 Å². The smallest absolute Gasteiger partial charge is 0.308 e. The minimum atomic E-state index is -0.739. The van der Waals surface area contributed by atoms with Gasteiger partial charge in [0.05, 0.1) is 16.6 Å². The SMILES string of the molecule is CCN(CC)c1ccc([C@H]2c3sc(=O)n(CC(=O)Nc4ccc5ccccc5c4)c3SC3C(=O)N(c4ccccc4)C(=O)C32)cc1. The van der Waals surface area contributed by atoms with Gasteiger partial charge in [0.1, 0.15) is 11.8 Å². The van der Waals surface area contributed by atoms with E-state index in [1.807, 2.05) is 72.8 Å². The summed E-state index contributed by atoms with van der Waals surface area (Å²) in [4.78, 5) is 58.9. The van der Waals surface area contributed by atoms with E-state index in [0.29, 0.717) is 21.3 Å². The molecule has 2 aliphatic rings. The van der Waals surface area contributed by atoms with Crippen molar-refractivity contribution in [3.05, 3.63) is 117 Å². The number of fused-ring (bicyclic) bond motifs is 3. The molecule has 8 nitrogen and oxygen atoms in total. The number of anilines is 3. The molecule has 0 saturated carbocycles. The highest BCUT2D eigenvalue weighted by Gasteiger charge is 2.56. The van der Waals surface area contributed by atoms with Crippen molar-refractivity contribution in [2.75, 3.05) is 28.2 Å². The monoisotopic (exact) mass is 648 g/mol. The van der Waals surface area contributed by atoms with Crippen LogP contribution in [0.3, 0.4) is 0 Å². The number of carbonyl (C=O) groups is 3. The molecule has 5 aromatic rings. The Morgan fingerprint density at radius 1 is 0.826 bits per heavy atom. The lowest BCUT2D eigenvalue weighted by Gasteiger charge is -2.31. The van der Waals surface area contributed by atoms with Gasteiger partial charge in [-0.1, -0.05) is 83.8 Å². The van der Waals surface area contributed by atoms with E-state index in [9.17, 15) is 19.2 Å². The number of benzene rings is 4. The summed E-state index contributed by atoms with van der Waals surface area (Å²) in [7, 11) is 0. The molecule has 0 spiro atoms. The van der Waals surface area contributed by atoms with Gasteiger partial charge >= 0.3 is 4.87 Å². The molecular weight excluding hydrogens is 617 g/mol. The summed E-state index contributed by atoms with van der Waals surface area (Å²) in [6.45, 7) is 5.71. The topological polar surface area (TPSA) is 91.7 Å². The van der Waals surface area contributed by atoms with Crippen molar-refractivity contribution in [2.24, 2.45) is 5.92 Å². The molecule has 1 N–H and O–H groups in total. The summed E-state index contributed by atoms with van der Waals surface area (Å²) in [5.74, 6) is -2.14. The minimum absolute atomic E-state index is 0.208. The number of para-hydroxylation sites is 1. The van der Waals surface area contributed by atoms with Gasteiger partial charge in [-0.15, -0.1) is 0 Å². The molecule has 0 bridgehead atoms. The number of nitrogens with one attached hydrogen (secondary N) is 1. The fourth-order valence-electron chi connectivity index (χ4n) is 6.54. The van der Waals surface area contributed by atoms with E-state index in [1.54, 1.807) is 24.3 Å². The molecule has 7 rings (SSSR count). The van der Waals surface area contributed by atoms with Gasteiger partial charge in [-0.2, -0.15) is 0 Å². The molecule has 0 aliphatic carbocycles. The van der Waals surface area contributed by atoms with Crippen LogP contribution in [0.25, 0.3) is 10.8 Å². The molecule has 1 aromatic heterocycles. The van der Waals surface area contributed by atoms with Crippen molar-refractivity contribution in [1.29, 1.82) is 0 Å². The van der Waals surface area contributed by atoms with Crippen molar-refractivity contribution in [1.82, 2.24) is 4.57 Å². The Hall–Kier alpha value is -4.67. The molecule has 2 unspecified atom stereocenters. The Bertz CT molecular complexity index is 2020. The minimum Gasteiger partial charge on any atom is -0.372 e. The average molecular weight is 649 g/mol. The number of imide groups is 1. The first-order valence-electron chi connectivity index (χ1n) is 15.3. The standard InChI is InChI=1S/C36H32N4O4S2/c1-3-38(4-2)26-18-15-23(16-19-26)29-30-31(34(43)40(33(30)42)27-12-6-5-7-13-27)45-35-32(29)46-36(44)39(35)21-28(41)37-25-17-14-22-10-8-9-11-24(22)20-25/h5-20,29-31H,3-4,21H2,1-2H3,(H,37,41)/t29-,30?,31?/m1/s1. The Morgan fingerprint density at radius 3 is 2.24 bits per heavy atom. The van der Waals surface area contributed by atoms with Gasteiger partial charge in [-0.3, -0.25) is 23.7 Å². The van der Waals surface area contributed by atoms with E-state index in [2.05, 4.69) is 24.1 Å². The third kappa shape index (κ3) is 5.21. The molecule has 1 saturated heterocycles. The number of thioether (sulfide) groups is 1. The van der Waals surface area contributed by atoms with E-state index < -0.39 is 17.1 Å². The molecule has 4 aromatic carbocycles. The summed E-state index contributed by atoms with van der Waals surface area (Å²) in [6.07, 6.45) is 0. The second-order valence-electron chi connectivity index (χ2n) is 11.4. The van der Waals surface area contributed by atoms with Crippen LogP contribution >= 0.6 is 23.1 Å². The highest BCUT2D eigenvalue weighted by molar-refractivity contribution is 8.00. The summed E-state index contributed by atoms with van der Waals surface area (Å²) >= 11 is 2.28. The maximum Gasteiger partial charge on any atom is 0.308 e. The van der Waals surface area contributed by atoms with Crippen molar-refractivity contribution in [3.63, 3.8) is 0 Å². The molecule has 232 valence electrons. The fraction of sp³-hybridized carbons (Fsp3) is 0.222. The summed E-state index contributed by atoms with van der Waals surface area (Å²) in [5, 5.41) is 4.82. The highest BCUT2D eigenvalue weighted by atomic mass is 32.2. The predicted octanol–water partition coefficient (Wildman–Crippen LogP) is 6.34. The molecule has 1 fully saturated rings. The summed E-state index contributed by atoms with van der Waals surface area (Å²) < 4.78 is 1.46. The number of thiazole rings is 1. The Kier molecular flexibility index (Phi) is 8.00. The first-order valence-corrected chi connectivity index (χ1v) is 17.0. The van der Waals surface area contributed by atoms with Crippen LogP contribution in [-0.2, 0) is 20.9 Å². The van der Waals surface area contributed by atoms with E-state index in [1.165, 1.54) is 21.2 Å².